The van der Waals surface area contributed by atoms with Crippen LogP contribution in [0.4, 0.5) is 0 Å². The number of benzene rings is 1. The first-order valence-corrected chi connectivity index (χ1v) is 10.3. The molecule has 1 aliphatic heterocycles. The number of nitrogens with zero attached hydrogens (tertiary/aromatic N) is 2. The van der Waals surface area contributed by atoms with E-state index in [1.54, 1.807) is 38.1 Å². The summed E-state index contributed by atoms with van der Waals surface area (Å²) in [6.45, 7) is 2.70. The normalized spacial score (nSPS) is 29.4. The predicted octanol–water partition coefficient (Wildman–Crippen LogP) is 1.33. The zero-order valence-electron chi connectivity index (χ0n) is 23.5. The maximum absolute atomic E-state index is 10.4. The highest BCUT2D eigenvalue weighted by atomic mass is 16.7. The fourth-order valence-electron chi connectivity index (χ4n) is 3.40. The molecule has 2 aromatic rings. The molecule has 0 spiro atoms. The summed E-state index contributed by atoms with van der Waals surface area (Å²) in [5, 5.41) is 44.3. The van der Waals surface area contributed by atoms with Gasteiger partial charge in [0.25, 0.3) is 0 Å². The smallest absolute Gasteiger partial charge is 0.239 e. The van der Waals surface area contributed by atoms with Gasteiger partial charge in [-0.25, -0.2) is 0 Å². The molecule has 1 aromatic carbocycles. The number of aromatic nitrogens is 2. The molecule has 0 aliphatic carbocycles. The van der Waals surface area contributed by atoms with Gasteiger partial charge in [0.2, 0.25) is 12.2 Å². The van der Waals surface area contributed by atoms with Gasteiger partial charge < -0.3 is 34.6 Å². The van der Waals surface area contributed by atoms with Gasteiger partial charge in [-0.3, -0.25) is 4.68 Å². The van der Waals surface area contributed by atoms with Crippen molar-refractivity contribution in [3.8, 4) is 11.6 Å². The molecule has 0 amide bonds. The van der Waals surface area contributed by atoms with Gasteiger partial charge in [0.15, 0.2) is 0 Å². The van der Waals surface area contributed by atoms with Crippen molar-refractivity contribution in [2.75, 3.05) is 6.61 Å². The van der Waals surface area contributed by atoms with E-state index in [1.807, 2.05) is 0 Å². The molecule has 3 rings (SSSR count). The highest BCUT2D eigenvalue weighted by molar-refractivity contribution is 5.38. The minimum absolute atomic E-state index is 0.00110. The summed E-state index contributed by atoms with van der Waals surface area (Å²) in [7, 11) is 0. The van der Waals surface area contributed by atoms with Gasteiger partial charge >= 0.3 is 0 Å². The molecule has 0 saturated carbocycles. The Balaban J connectivity index is 2.05. The Kier molecular flexibility index (Phi) is 5.82. The van der Waals surface area contributed by atoms with Crippen molar-refractivity contribution in [2.24, 2.45) is 0 Å². The number of aliphatic hydroxyl groups is 4. The minimum Gasteiger partial charge on any atom is -0.491 e. The van der Waals surface area contributed by atoms with E-state index >= 15 is 0 Å². The average molecular weight is 456 g/mol. The summed E-state index contributed by atoms with van der Waals surface area (Å²) in [4.78, 5) is 0. The lowest BCUT2D eigenvalue weighted by Crippen LogP contribution is -2.60. The van der Waals surface area contributed by atoms with Crippen LogP contribution in [0.5, 0.6) is 11.6 Å². The molecule has 9 heteroatoms. The molecule has 0 radical (unpaired) electrons. The lowest BCUT2D eigenvalue weighted by atomic mass is 9.99. The Hall–Kier alpha value is -2.17. The summed E-state index contributed by atoms with van der Waals surface area (Å²) in [6.07, 6.45) is -9.02. The van der Waals surface area contributed by atoms with Crippen LogP contribution in [0.15, 0.2) is 24.3 Å². The monoisotopic (exact) mass is 455 g/mol. The van der Waals surface area contributed by atoms with Gasteiger partial charge in [0, 0.05) is 27.8 Å². The van der Waals surface area contributed by atoms with E-state index in [1.165, 1.54) is 13.8 Å². The standard InChI is InChI=1S/C23H34N2O7/c1-12(2)25-14(5)17(10-15-6-8-16(9-7-15)30-13(3)4)22(24-25)32-23-21(29)20(28)19(27)18(11-26)31-23/h6-9,12-13,18-21,23,26-29H,10-11H2,1-5H3/t18-,19-,20+,21-,23+/m1/s1/i5D3,12D,13D. The molecule has 0 bridgehead atoms. The molecule has 1 aromatic heterocycles. The van der Waals surface area contributed by atoms with Crippen LogP contribution < -0.4 is 9.47 Å². The Morgan fingerprint density at radius 3 is 2.38 bits per heavy atom. The van der Waals surface area contributed by atoms with Crippen molar-refractivity contribution in [1.29, 1.82) is 0 Å². The number of hydrogen-bond donors (Lipinski definition) is 4. The second kappa shape index (κ2) is 10.2. The number of hydrogen-bond acceptors (Lipinski definition) is 8. The molecule has 4 N–H and O–H groups in total. The van der Waals surface area contributed by atoms with E-state index in [4.69, 9.17) is 21.1 Å². The summed E-state index contributed by atoms with van der Waals surface area (Å²) >= 11 is 0. The maximum atomic E-state index is 10.4. The Labute approximate surface area is 195 Å². The molecule has 32 heavy (non-hydrogen) atoms. The van der Waals surface area contributed by atoms with Crippen molar-refractivity contribution in [3.05, 3.63) is 41.1 Å². The van der Waals surface area contributed by atoms with E-state index in [-0.39, 0.29) is 23.6 Å². The van der Waals surface area contributed by atoms with E-state index in [9.17, 15) is 20.4 Å². The lowest BCUT2D eigenvalue weighted by molar-refractivity contribution is -0.278. The third kappa shape index (κ3) is 5.24. The van der Waals surface area contributed by atoms with Gasteiger partial charge in [-0.2, -0.15) is 0 Å². The molecule has 5 atom stereocenters. The molecular weight excluding hydrogens is 416 g/mol. The van der Waals surface area contributed by atoms with Crippen LogP contribution in [-0.2, 0) is 11.2 Å². The molecule has 1 aliphatic rings. The zero-order chi connectivity index (χ0) is 27.9. The van der Waals surface area contributed by atoms with Crippen molar-refractivity contribution in [1.82, 2.24) is 9.78 Å². The van der Waals surface area contributed by atoms with Crippen LogP contribution >= 0.6 is 0 Å². The van der Waals surface area contributed by atoms with Crippen LogP contribution in [0, 0.1) is 6.85 Å². The Bertz CT molecular complexity index is 1060. The van der Waals surface area contributed by atoms with Gasteiger partial charge in [-0.15, -0.1) is 5.10 Å². The molecule has 178 valence electrons. The lowest BCUT2D eigenvalue weighted by Gasteiger charge is -2.39. The molecule has 1 fully saturated rings. The summed E-state index contributed by atoms with van der Waals surface area (Å²) < 4.78 is 58.4. The second-order valence-corrected chi connectivity index (χ2v) is 8.14. The van der Waals surface area contributed by atoms with E-state index in [0.29, 0.717) is 11.3 Å². The SMILES string of the molecule is [2H]C(C)(C)Oc1ccc(Cc2c(O[C@@H]3O[C@H](CO)[C@@H](O)[C@H](O)[C@H]3O)nn(C([2H])(C)C)c2C([2H])([2H])[2H])cc1. The molecule has 0 unspecified atom stereocenters. The summed E-state index contributed by atoms with van der Waals surface area (Å²) in [5.74, 6) is 0.198. The first kappa shape index (κ1) is 18.3. The van der Waals surface area contributed by atoms with Gasteiger partial charge in [-0.05, 0) is 52.2 Å². The first-order valence-electron chi connectivity index (χ1n) is 12.8. The summed E-state index contributed by atoms with van der Waals surface area (Å²) in [6, 6.07) is 5.14. The third-order valence-corrected chi connectivity index (χ3v) is 5.07. The quantitative estimate of drug-likeness (QED) is 0.470. The third-order valence-electron chi connectivity index (χ3n) is 5.07. The van der Waals surface area contributed by atoms with Gasteiger partial charge in [0.05, 0.1) is 15.4 Å². The van der Waals surface area contributed by atoms with Crippen molar-refractivity contribution >= 4 is 0 Å². The van der Waals surface area contributed by atoms with E-state index in [2.05, 4.69) is 5.10 Å². The van der Waals surface area contributed by atoms with Gasteiger partial charge in [-0.1, -0.05) is 12.1 Å². The minimum atomic E-state index is -2.70. The zero-order valence-corrected chi connectivity index (χ0v) is 18.5. The first-order chi connectivity index (χ1) is 16.9. The fourth-order valence-corrected chi connectivity index (χ4v) is 3.40. The van der Waals surface area contributed by atoms with Crippen LogP contribution in [0.25, 0.3) is 0 Å². The number of rotatable bonds is 8. The Morgan fingerprint density at radius 1 is 1.12 bits per heavy atom. The summed E-state index contributed by atoms with van der Waals surface area (Å²) in [5.41, 5.74) is 0.494. The highest BCUT2D eigenvalue weighted by Crippen LogP contribution is 2.31. The van der Waals surface area contributed by atoms with Crippen LogP contribution in [-0.4, -0.2) is 73.6 Å². The topological polar surface area (TPSA) is 126 Å². The highest BCUT2D eigenvalue weighted by Gasteiger charge is 2.45. The second-order valence-electron chi connectivity index (χ2n) is 8.14. The Morgan fingerprint density at radius 2 is 1.81 bits per heavy atom. The molecule has 2 heterocycles. The number of aliphatic hydroxyl groups excluding tert-OH is 4. The van der Waals surface area contributed by atoms with Crippen LogP contribution in [0.2, 0.25) is 0 Å². The van der Waals surface area contributed by atoms with Gasteiger partial charge in [0.1, 0.15) is 30.2 Å². The fraction of sp³-hybridized carbons (Fsp3) is 0.609. The van der Waals surface area contributed by atoms with Crippen LogP contribution in [0.3, 0.4) is 0 Å². The molecule has 1 saturated heterocycles. The predicted molar refractivity (Wildman–Crippen MR) is 117 cm³/mol. The van der Waals surface area contributed by atoms with E-state index in [0.717, 1.165) is 4.68 Å². The number of ether oxygens (including phenoxy) is 3. The van der Waals surface area contributed by atoms with Crippen LogP contribution in [0.1, 0.15) is 57.4 Å². The van der Waals surface area contributed by atoms with E-state index < -0.39 is 56.3 Å². The van der Waals surface area contributed by atoms with Crippen molar-refractivity contribution in [3.63, 3.8) is 0 Å². The molecular formula is C23H34N2O7. The van der Waals surface area contributed by atoms with Crippen molar-refractivity contribution in [2.45, 2.75) is 83.8 Å². The molecule has 9 nitrogen and oxygen atoms in total. The van der Waals surface area contributed by atoms with Crippen molar-refractivity contribution < 1.29 is 41.5 Å². The average Bonchev–Trinajstić information content (AvgIpc) is 3.13. The largest absolute Gasteiger partial charge is 0.491 e. The maximum Gasteiger partial charge on any atom is 0.239 e.